The zero-order chi connectivity index (χ0) is 96.6. The Bertz CT molecular complexity index is 6310. The molecule has 0 bridgehead atoms. The molecule has 42 heteroatoms. The second-order valence-electron chi connectivity index (χ2n) is 32.5. The highest BCUT2D eigenvalue weighted by molar-refractivity contribution is 6.34. The number of halogens is 15. The molecular weight excluding hydrogens is 1810 g/mol. The van der Waals surface area contributed by atoms with Crippen molar-refractivity contribution in [2.24, 2.45) is 0 Å². The molecule has 3 amide bonds. The number of carbonyl (C=O) groups excluding carboxylic acids is 3. The zero-order valence-corrected chi connectivity index (χ0v) is 75.0. The first-order chi connectivity index (χ1) is 62.3. The summed E-state index contributed by atoms with van der Waals surface area (Å²) in [5, 5.41) is -3.06. The summed E-state index contributed by atoms with van der Waals surface area (Å²) in [4.78, 5) is 128. The summed E-state index contributed by atoms with van der Waals surface area (Å²) in [6, 6.07) is 6.85. The number of aryl methyl sites for hydroxylation is 3. The number of benzene rings is 3. The molecule has 3 aromatic carbocycles. The van der Waals surface area contributed by atoms with Gasteiger partial charge in [0.25, 0.3) is 0 Å². The van der Waals surface area contributed by atoms with Crippen molar-refractivity contribution < 1.29 is 67.1 Å². The lowest BCUT2D eigenvalue weighted by atomic mass is 10.0. The SMILES string of the molecule is C=CC(=O)N1CCN(c2nc(=O)n(-c3c(C)ccnc3C(C)C)c3nc(-c4c(F)c(N)c(F)c(F)c4Cl)c(F)cc23)[C@@H](C)C1.C=CC(=O)N1CCN(c2nc(=O)n(-c3c(C)ccnc3C(C)C)c3nc(-c4c(N)c(Cl)c(F)c(F)c4F)c(F)cc23)[C@@H](C)C1.C=CC(=O)N1CCN(c2nc(=O)n(-c3c(C)ccnc3C(C)C)c3nc(-c4c(N)c(F)c(F)c(Cl)c4F)c(F)cc23)[C@@H](C)C1. The molecule has 132 heavy (non-hydrogen) atoms. The fourth-order valence-electron chi connectivity index (χ4n) is 16.4. The van der Waals surface area contributed by atoms with E-state index in [1.165, 1.54) is 18.2 Å². The van der Waals surface area contributed by atoms with E-state index in [-0.39, 0.29) is 163 Å². The number of anilines is 6. The summed E-state index contributed by atoms with van der Waals surface area (Å²) in [5.41, 5.74) is 10.3. The van der Waals surface area contributed by atoms with Crippen LogP contribution in [0, 0.1) is 90.6 Å². The number of nitrogens with zero attached hydrogens (tertiary/aromatic N) is 18. The molecular formula is C90H84Cl3F12N21O6. The molecule has 0 aliphatic carbocycles. The van der Waals surface area contributed by atoms with Gasteiger partial charge in [0.05, 0.1) is 83.4 Å². The zero-order valence-electron chi connectivity index (χ0n) is 72.8. The summed E-state index contributed by atoms with van der Waals surface area (Å²) in [5.74, 6) is -19.9. The topological polar surface area (TPSA) is 331 Å². The molecule has 0 unspecified atom stereocenters. The highest BCUT2D eigenvalue weighted by Gasteiger charge is 2.39. The van der Waals surface area contributed by atoms with Gasteiger partial charge in [-0.2, -0.15) is 15.0 Å². The maximum Gasteiger partial charge on any atom is 0.355 e. The Labute approximate surface area is 760 Å². The minimum atomic E-state index is -1.96. The van der Waals surface area contributed by atoms with Crippen molar-refractivity contribution in [1.29, 1.82) is 0 Å². The average Bonchev–Trinajstić information content (AvgIpc) is 0.735. The molecule has 6 N–H and O–H groups in total. The van der Waals surface area contributed by atoms with Gasteiger partial charge < -0.3 is 46.6 Å². The highest BCUT2D eigenvalue weighted by Crippen LogP contribution is 2.46. The maximum atomic E-state index is 16.0. The molecule has 3 aliphatic rings. The van der Waals surface area contributed by atoms with E-state index in [9.17, 15) is 55.1 Å². The van der Waals surface area contributed by atoms with Crippen LogP contribution in [0.3, 0.4) is 0 Å². The van der Waals surface area contributed by atoms with Crippen LogP contribution in [0.15, 0.2) is 107 Å². The van der Waals surface area contributed by atoms with Gasteiger partial charge in [-0.3, -0.25) is 29.3 Å². The maximum absolute atomic E-state index is 16.0. The summed E-state index contributed by atoms with van der Waals surface area (Å²) in [6.07, 6.45) is 8.34. The highest BCUT2D eigenvalue weighted by atomic mass is 35.5. The normalized spacial score (nSPS) is 15.4. The van der Waals surface area contributed by atoms with Crippen molar-refractivity contribution in [3.05, 3.63) is 243 Å². The summed E-state index contributed by atoms with van der Waals surface area (Å²) < 4.78 is 183. The minimum absolute atomic E-state index is 0.0613. The van der Waals surface area contributed by atoms with Crippen LogP contribution < -0.4 is 49.0 Å². The van der Waals surface area contributed by atoms with Crippen LogP contribution in [0.2, 0.25) is 15.1 Å². The predicted octanol–water partition coefficient (Wildman–Crippen LogP) is 15.9. The molecule has 0 radical (unpaired) electrons. The Morgan fingerprint density at radius 1 is 0.386 bits per heavy atom. The van der Waals surface area contributed by atoms with E-state index in [0.29, 0.717) is 50.8 Å². The van der Waals surface area contributed by atoms with E-state index in [1.807, 2.05) is 41.5 Å². The largest absolute Gasteiger partial charge is 0.397 e. The van der Waals surface area contributed by atoms with Crippen LogP contribution in [0.5, 0.6) is 0 Å². The molecule has 0 spiro atoms. The Morgan fingerprint density at radius 2 is 0.682 bits per heavy atom. The predicted molar refractivity (Wildman–Crippen MR) is 480 cm³/mol. The number of nitrogens with two attached hydrogens (primary N) is 3. The van der Waals surface area contributed by atoms with Crippen LogP contribution in [0.4, 0.5) is 87.2 Å². The third kappa shape index (κ3) is 17.1. The third-order valence-corrected chi connectivity index (χ3v) is 24.0. The molecule has 15 rings (SSSR count). The molecule has 690 valence electrons. The second-order valence-corrected chi connectivity index (χ2v) is 33.6. The Hall–Kier alpha value is -13.6. The lowest BCUT2D eigenvalue weighted by Crippen LogP contribution is -2.54. The molecule has 12 heterocycles. The number of pyridine rings is 6. The number of hydrogen-bond donors (Lipinski definition) is 3. The first-order valence-electron chi connectivity index (χ1n) is 41.0. The summed E-state index contributed by atoms with van der Waals surface area (Å²) >= 11 is 17.5. The van der Waals surface area contributed by atoms with Crippen molar-refractivity contribution in [2.75, 3.05) is 90.8 Å². The molecule has 27 nitrogen and oxygen atoms in total. The second kappa shape index (κ2) is 37.7. The van der Waals surface area contributed by atoms with E-state index in [4.69, 9.17) is 52.0 Å². The standard InChI is InChI=1S/3C30H28ClF4N7O2/c1-6-18(43)40-9-10-41(15(5)12-40)28-16-11-17(32)26(19-21(33)23(35)22(34)20(31)24(19)36)38-29(16)42(30(44)39-28)27-14(4)7-8-37-25(27)13(2)3;1-6-18(43)40-9-10-41(15(5)12-40)28-16-11-17(32)26(19-21(33)20(31)22(34)23(35)24(19)36)38-29(16)42(30(44)39-28)27-14(4)7-8-37-25(27)13(2)3;1-6-18(43)40-9-10-41(15(5)12-40)28-16-11-17(32)26(19-20(31)22(34)23(35)24(36)21(19)33)38-29(16)42(30(44)39-28)27-14(4)7-8-37-25(27)13(2)3/h3*6-8,11,13,15H,1,9-10,12,36H2,2-5H3/t3*15-/m000/s1. The average molecular weight is 1890 g/mol. The van der Waals surface area contributed by atoms with Crippen molar-refractivity contribution in [3.8, 4) is 50.8 Å². The number of piperazine rings is 3. The van der Waals surface area contributed by atoms with E-state index < -0.39 is 153 Å². The van der Waals surface area contributed by atoms with E-state index >= 15 is 26.3 Å². The number of rotatable bonds is 15. The Balaban J connectivity index is 0.000000168. The van der Waals surface area contributed by atoms with Crippen LogP contribution >= 0.6 is 34.8 Å². The number of hydrogen-bond acceptors (Lipinski definition) is 21. The van der Waals surface area contributed by atoms with Gasteiger partial charge in [0.2, 0.25) is 17.7 Å². The lowest BCUT2D eigenvalue weighted by Gasteiger charge is -2.40. The van der Waals surface area contributed by atoms with Crippen LogP contribution in [0.1, 0.15) is 114 Å². The van der Waals surface area contributed by atoms with Gasteiger partial charge in [0.15, 0.2) is 86.7 Å². The summed E-state index contributed by atoms with van der Waals surface area (Å²) in [7, 11) is 0. The van der Waals surface area contributed by atoms with E-state index in [0.717, 1.165) is 31.9 Å². The third-order valence-electron chi connectivity index (χ3n) is 23.0. The fourth-order valence-corrected chi connectivity index (χ4v) is 17.0. The van der Waals surface area contributed by atoms with E-state index in [1.54, 1.807) is 108 Å². The Kier molecular flexibility index (Phi) is 27.4. The van der Waals surface area contributed by atoms with Crippen molar-refractivity contribution in [2.45, 2.75) is 119 Å². The lowest BCUT2D eigenvalue weighted by molar-refractivity contribution is -0.127. The monoisotopic (exact) mass is 1890 g/mol. The fraction of sp³-hybridized carbons (Fsp3) is 0.300. The molecule has 3 atom stereocenters. The van der Waals surface area contributed by atoms with Gasteiger partial charge in [-0.15, -0.1) is 0 Å². The molecule has 12 aromatic rings. The first-order valence-corrected chi connectivity index (χ1v) is 42.1. The molecule has 3 fully saturated rings. The van der Waals surface area contributed by atoms with Crippen LogP contribution in [-0.2, 0) is 14.4 Å². The van der Waals surface area contributed by atoms with Gasteiger partial charge >= 0.3 is 17.1 Å². The van der Waals surface area contributed by atoms with Gasteiger partial charge in [0.1, 0.15) is 50.3 Å². The van der Waals surface area contributed by atoms with Gasteiger partial charge in [-0.05, 0) is 131 Å². The molecule has 3 aliphatic heterocycles. The minimum Gasteiger partial charge on any atom is -0.397 e. The van der Waals surface area contributed by atoms with Gasteiger partial charge in [0, 0.05) is 95.6 Å². The number of aromatic nitrogens is 12. The number of nitrogen functional groups attached to an aromatic ring is 3. The smallest absolute Gasteiger partial charge is 0.355 e. The van der Waals surface area contributed by atoms with Crippen LogP contribution in [0.25, 0.3) is 83.9 Å². The van der Waals surface area contributed by atoms with Crippen LogP contribution in [-0.4, -0.2) is 168 Å². The molecule has 0 saturated carbocycles. The van der Waals surface area contributed by atoms with Crippen molar-refractivity contribution >= 4 is 120 Å². The van der Waals surface area contributed by atoms with Gasteiger partial charge in [-0.25, -0.2) is 95.7 Å². The Morgan fingerprint density at radius 3 is 0.992 bits per heavy atom. The van der Waals surface area contributed by atoms with Gasteiger partial charge in [-0.1, -0.05) is 96.1 Å². The number of fused-ring (bicyclic) bond motifs is 3. The molecule has 9 aromatic heterocycles. The quantitative estimate of drug-likeness (QED) is 0.0282. The molecule has 3 saturated heterocycles. The first kappa shape index (κ1) is 96.0. The van der Waals surface area contributed by atoms with Crippen molar-refractivity contribution in [1.82, 2.24) is 73.3 Å². The number of carbonyl (C=O) groups is 3. The number of amides is 3. The van der Waals surface area contributed by atoms with Crippen molar-refractivity contribution in [3.63, 3.8) is 0 Å². The summed E-state index contributed by atoms with van der Waals surface area (Å²) in [6.45, 7) is 34.7. The van der Waals surface area contributed by atoms with E-state index in [2.05, 4.69) is 64.6 Å².